The van der Waals surface area contributed by atoms with E-state index in [2.05, 4.69) is 24.1 Å². The Kier molecular flexibility index (Phi) is 4.68. The Bertz CT molecular complexity index is 293. The highest BCUT2D eigenvalue weighted by Gasteiger charge is 2.27. The van der Waals surface area contributed by atoms with Gasteiger partial charge in [-0.2, -0.15) is 0 Å². The molecule has 0 atom stereocenters. The van der Waals surface area contributed by atoms with E-state index in [0.717, 1.165) is 17.2 Å². The summed E-state index contributed by atoms with van der Waals surface area (Å²) in [6.45, 7) is 6.14. The van der Waals surface area contributed by atoms with Crippen molar-refractivity contribution in [3.05, 3.63) is 10.6 Å². The molecule has 0 radical (unpaired) electrons. The van der Waals surface area contributed by atoms with Crippen molar-refractivity contribution in [1.29, 1.82) is 0 Å². The lowest BCUT2D eigenvalue weighted by Gasteiger charge is -2.29. The lowest BCUT2D eigenvalue weighted by molar-refractivity contribution is 0.560. The van der Waals surface area contributed by atoms with Crippen molar-refractivity contribution >= 4 is 39.7 Å². The minimum absolute atomic E-state index is 0.236. The van der Waals surface area contributed by atoms with E-state index in [-0.39, 0.29) is 5.54 Å². The monoisotopic (exact) mass is 266 g/mol. The number of thiazole rings is 1. The minimum Gasteiger partial charge on any atom is -0.354 e. The Morgan fingerprint density at radius 1 is 1.33 bits per heavy atom. The number of rotatable bonds is 5. The molecule has 0 spiro atoms. The van der Waals surface area contributed by atoms with Crippen molar-refractivity contribution < 1.29 is 0 Å². The predicted molar refractivity (Wildman–Crippen MR) is 69.7 cm³/mol. The first-order valence-corrected chi connectivity index (χ1v) is 6.79. The molecule has 1 N–H and O–H groups in total. The largest absolute Gasteiger partial charge is 0.354 e. The topological polar surface area (TPSA) is 24.9 Å². The fourth-order valence-corrected chi connectivity index (χ4v) is 2.86. The zero-order chi connectivity index (χ0) is 11.5. The summed E-state index contributed by atoms with van der Waals surface area (Å²) in [4.78, 5) is 5.66. The van der Waals surface area contributed by atoms with Gasteiger partial charge in [-0.05, 0) is 20.3 Å². The number of anilines is 1. The molecule has 0 aliphatic heterocycles. The highest BCUT2D eigenvalue weighted by Crippen LogP contribution is 2.27. The van der Waals surface area contributed by atoms with Gasteiger partial charge in [-0.15, -0.1) is 34.5 Å². The molecule has 0 aliphatic carbocycles. The van der Waals surface area contributed by atoms with E-state index in [1.165, 1.54) is 4.88 Å². The first kappa shape index (κ1) is 13.1. The van der Waals surface area contributed by atoms with Crippen molar-refractivity contribution in [1.82, 2.24) is 4.98 Å². The molecule has 0 aliphatic rings. The Hall–Kier alpha value is 0.01000. The molecule has 0 amide bonds. The summed E-state index contributed by atoms with van der Waals surface area (Å²) >= 11 is 13.5. The number of alkyl halides is 2. The third kappa shape index (κ3) is 2.99. The van der Waals surface area contributed by atoms with Crippen LogP contribution in [0.3, 0.4) is 0 Å². The molecule has 0 aromatic carbocycles. The van der Waals surface area contributed by atoms with Crippen LogP contribution in [-0.4, -0.2) is 22.3 Å². The fraction of sp³-hybridized carbons (Fsp3) is 0.700. The number of nitrogens with one attached hydrogen (secondary N) is 1. The van der Waals surface area contributed by atoms with Crippen LogP contribution in [0.5, 0.6) is 0 Å². The van der Waals surface area contributed by atoms with Gasteiger partial charge in [-0.25, -0.2) is 4.98 Å². The van der Waals surface area contributed by atoms with E-state index in [9.17, 15) is 0 Å². The summed E-state index contributed by atoms with van der Waals surface area (Å²) in [7, 11) is 0. The number of hydrogen-bond donors (Lipinski definition) is 1. The van der Waals surface area contributed by atoms with E-state index in [1.807, 2.05) is 6.92 Å². The maximum atomic E-state index is 5.95. The van der Waals surface area contributed by atoms with Gasteiger partial charge in [0.25, 0.3) is 0 Å². The number of hydrogen-bond acceptors (Lipinski definition) is 3. The quantitative estimate of drug-likeness (QED) is 0.821. The lowest BCUT2D eigenvalue weighted by Crippen LogP contribution is -2.41. The molecule has 0 saturated carbocycles. The highest BCUT2D eigenvalue weighted by atomic mass is 35.5. The number of aromatic nitrogens is 1. The molecule has 15 heavy (non-hydrogen) atoms. The zero-order valence-corrected chi connectivity index (χ0v) is 11.6. The predicted octanol–water partition coefficient (Wildman–Crippen LogP) is 3.80. The van der Waals surface area contributed by atoms with Gasteiger partial charge in [0.05, 0.1) is 11.2 Å². The van der Waals surface area contributed by atoms with Gasteiger partial charge < -0.3 is 5.32 Å². The fourth-order valence-electron chi connectivity index (χ4n) is 1.13. The average Bonchev–Trinajstić information content (AvgIpc) is 2.55. The Morgan fingerprint density at radius 3 is 2.27 bits per heavy atom. The van der Waals surface area contributed by atoms with Crippen molar-refractivity contribution in [3.63, 3.8) is 0 Å². The third-order valence-electron chi connectivity index (χ3n) is 2.59. The number of halogens is 2. The molecular weight excluding hydrogens is 251 g/mol. The molecule has 1 aromatic rings. The molecule has 0 saturated heterocycles. The van der Waals surface area contributed by atoms with E-state index >= 15 is 0 Å². The van der Waals surface area contributed by atoms with Crippen molar-refractivity contribution in [2.45, 2.75) is 32.7 Å². The summed E-state index contributed by atoms with van der Waals surface area (Å²) in [5, 5.41) is 4.26. The molecule has 1 heterocycles. The smallest absolute Gasteiger partial charge is 0.183 e. The Morgan fingerprint density at radius 2 is 1.93 bits per heavy atom. The van der Waals surface area contributed by atoms with Crippen molar-refractivity contribution in [3.8, 4) is 0 Å². The Balaban J connectivity index is 2.82. The summed E-state index contributed by atoms with van der Waals surface area (Å²) in [5.74, 6) is 0.981. The maximum absolute atomic E-state index is 5.95. The van der Waals surface area contributed by atoms with Gasteiger partial charge in [0.15, 0.2) is 5.13 Å². The molecule has 1 rings (SSSR count). The molecule has 2 nitrogen and oxygen atoms in total. The molecule has 0 unspecified atom stereocenters. The van der Waals surface area contributed by atoms with Gasteiger partial charge in [0, 0.05) is 16.6 Å². The van der Waals surface area contributed by atoms with Gasteiger partial charge in [-0.3, -0.25) is 0 Å². The second kappa shape index (κ2) is 5.37. The van der Waals surface area contributed by atoms with E-state index in [4.69, 9.17) is 23.2 Å². The molecule has 1 aromatic heterocycles. The van der Waals surface area contributed by atoms with Crippen LogP contribution in [-0.2, 0) is 0 Å². The molecule has 0 bridgehead atoms. The molecule has 5 heteroatoms. The third-order valence-corrected chi connectivity index (χ3v) is 4.60. The normalized spacial score (nSPS) is 11.8. The van der Waals surface area contributed by atoms with E-state index in [0.29, 0.717) is 11.8 Å². The van der Waals surface area contributed by atoms with Crippen LogP contribution in [0.2, 0.25) is 0 Å². The standard InChI is InChI=1S/C10H16Cl2N2S/c1-4-10(5-11,6-12)14-9-13-7(2)8(3)15-9/h4-6H2,1-3H3,(H,13,14). The van der Waals surface area contributed by atoms with Crippen LogP contribution in [0.1, 0.15) is 23.9 Å². The molecule has 86 valence electrons. The van der Waals surface area contributed by atoms with Gasteiger partial charge in [0.1, 0.15) is 0 Å². The second-order valence-electron chi connectivity index (χ2n) is 3.69. The maximum Gasteiger partial charge on any atom is 0.183 e. The first-order valence-electron chi connectivity index (χ1n) is 4.91. The van der Waals surface area contributed by atoms with Gasteiger partial charge >= 0.3 is 0 Å². The van der Waals surface area contributed by atoms with Gasteiger partial charge in [-0.1, -0.05) is 6.92 Å². The summed E-state index contributed by atoms with van der Waals surface area (Å²) < 4.78 is 0. The highest BCUT2D eigenvalue weighted by molar-refractivity contribution is 7.15. The summed E-state index contributed by atoms with van der Waals surface area (Å²) in [6, 6.07) is 0. The van der Waals surface area contributed by atoms with Gasteiger partial charge in [0.2, 0.25) is 0 Å². The first-order chi connectivity index (χ1) is 7.06. The SMILES string of the molecule is CCC(CCl)(CCl)Nc1nc(C)c(C)s1. The Labute approximate surface area is 105 Å². The lowest BCUT2D eigenvalue weighted by atomic mass is 10.0. The summed E-state index contributed by atoms with van der Waals surface area (Å²) in [5.41, 5.74) is 0.830. The van der Waals surface area contributed by atoms with Crippen LogP contribution in [0.4, 0.5) is 5.13 Å². The van der Waals surface area contributed by atoms with E-state index in [1.54, 1.807) is 11.3 Å². The summed E-state index contributed by atoms with van der Waals surface area (Å²) in [6.07, 6.45) is 0.887. The van der Waals surface area contributed by atoms with Crippen molar-refractivity contribution in [2.75, 3.05) is 17.1 Å². The van der Waals surface area contributed by atoms with Crippen LogP contribution in [0.15, 0.2) is 0 Å². The van der Waals surface area contributed by atoms with Crippen LogP contribution in [0.25, 0.3) is 0 Å². The van der Waals surface area contributed by atoms with Crippen LogP contribution < -0.4 is 5.32 Å². The zero-order valence-electron chi connectivity index (χ0n) is 9.23. The minimum atomic E-state index is -0.236. The van der Waals surface area contributed by atoms with E-state index < -0.39 is 0 Å². The average molecular weight is 267 g/mol. The second-order valence-corrected chi connectivity index (χ2v) is 5.42. The molecule has 0 fully saturated rings. The van der Waals surface area contributed by atoms with Crippen LogP contribution >= 0.6 is 34.5 Å². The van der Waals surface area contributed by atoms with Crippen molar-refractivity contribution in [2.24, 2.45) is 0 Å². The van der Waals surface area contributed by atoms with Crippen LogP contribution in [0, 0.1) is 13.8 Å². The number of nitrogens with zero attached hydrogens (tertiary/aromatic N) is 1. The number of aryl methyl sites for hydroxylation is 2. The molecular formula is C10H16Cl2N2S.